The van der Waals surface area contributed by atoms with E-state index in [1.54, 1.807) is 0 Å². The fraction of sp³-hybridized carbons (Fsp3) is 0.133. The molecule has 24 heavy (non-hydrogen) atoms. The van der Waals surface area contributed by atoms with Crippen molar-refractivity contribution in [1.29, 1.82) is 0 Å². The molecule has 2 aromatic rings. The third-order valence-corrected chi connectivity index (χ3v) is 3.01. The summed E-state index contributed by atoms with van der Waals surface area (Å²) in [7, 11) is 1.27. The minimum Gasteiger partial charge on any atom is -0.493 e. The molecule has 0 atom stereocenters. The number of carbonyl (C=O) groups excluding carboxylic acids is 1. The molecule has 0 heterocycles. The summed E-state index contributed by atoms with van der Waals surface area (Å²) in [5, 5.41) is 10.8. The average Bonchev–Trinajstić information content (AvgIpc) is 2.54. The molecule has 6 nitrogen and oxygen atoms in total. The summed E-state index contributed by atoms with van der Waals surface area (Å²) in [6, 6.07) is 6.77. The van der Waals surface area contributed by atoms with Gasteiger partial charge in [-0.25, -0.2) is 4.79 Å². The van der Waals surface area contributed by atoms with Crippen LogP contribution in [0.1, 0.15) is 15.9 Å². The van der Waals surface area contributed by atoms with Crippen LogP contribution < -0.4 is 9.47 Å². The van der Waals surface area contributed by atoms with Crippen LogP contribution in [0.4, 0.5) is 18.9 Å². The second-order valence-electron chi connectivity index (χ2n) is 4.56. The molecule has 9 heteroatoms. The van der Waals surface area contributed by atoms with Crippen LogP contribution in [0.2, 0.25) is 0 Å². The lowest BCUT2D eigenvalue weighted by molar-refractivity contribution is -0.384. The van der Waals surface area contributed by atoms with Crippen LogP contribution in [0.25, 0.3) is 0 Å². The number of benzene rings is 2. The number of hydrogen-bond acceptors (Lipinski definition) is 5. The summed E-state index contributed by atoms with van der Waals surface area (Å²) in [6.45, 7) is 0. The van der Waals surface area contributed by atoms with Crippen molar-refractivity contribution in [1.82, 2.24) is 0 Å². The van der Waals surface area contributed by atoms with Crippen molar-refractivity contribution in [3.05, 3.63) is 63.7 Å². The number of halogens is 3. The average molecular weight is 341 g/mol. The number of non-ortho nitro benzene ring substituents is 1. The molecule has 2 rings (SSSR count). The van der Waals surface area contributed by atoms with Crippen LogP contribution in [0, 0.1) is 10.1 Å². The van der Waals surface area contributed by atoms with Gasteiger partial charge in [0.2, 0.25) is 0 Å². The Kier molecular flexibility index (Phi) is 4.72. The number of methoxy groups -OCH3 is 1. The maximum absolute atomic E-state index is 12.5. The van der Waals surface area contributed by atoms with E-state index in [1.807, 2.05) is 0 Å². The zero-order valence-corrected chi connectivity index (χ0v) is 12.2. The number of nitro groups is 1. The molecule has 0 saturated heterocycles. The van der Waals surface area contributed by atoms with E-state index in [4.69, 9.17) is 9.47 Å². The Balaban J connectivity index is 2.26. The summed E-state index contributed by atoms with van der Waals surface area (Å²) in [5.74, 6) is -1.11. The summed E-state index contributed by atoms with van der Waals surface area (Å²) >= 11 is 0. The molecule has 0 radical (unpaired) electrons. The molecule has 0 amide bonds. The van der Waals surface area contributed by atoms with E-state index in [2.05, 4.69) is 0 Å². The van der Waals surface area contributed by atoms with Gasteiger partial charge in [-0.15, -0.1) is 0 Å². The molecule has 0 bridgehead atoms. The Morgan fingerprint density at radius 3 is 2.21 bits per heavy atom. The normalized spacial score (nSPS) is 11.0. The van der Waals surface area contributed by atoms with Gasteiger partial charge in [-0.3, -0.25) is 10.1 Å². The van der Waals surface area contributed by atoms with Crippen molar-refractivity contribution in [2.75, 3.05) is 7.11 Å². The van der Waals surface area contributed by atoms with E-state index in [0.717, 1.165) is 36.4 Å². The SMILES string of the molecule is COc1ccc([N+](=O)[O-])cc1OC(=O)c1ccc(C(F)(F)F)cc1. The molecule has 2 aromatic carbocycles. The number of ether oxygens (including phenoxy) is 2. The fourth-order valence-electron chi connectivity index (χ4n) is 1.81. The van der Waals surface area contributed by atoms with Crippen LogP contribution >= 0.6 is 0 Å². The van der Waals surface area contributed by atoms with Crippen molar-refractivity contribution >= 4 is 11.7 Å². The van der Waals surface area contributed by atoms with Crippen molar-refractivity contribution in [3.8, 4) is 11.5 Å². The zero-order chi connectivity index (χ0) is 17.9. The van der Waals surface area contributed by atoms with Gasteiger partial charge in [0.15, 0.2) is 11.5 Å². The second kappa shape index (κ2) is 6.57. The predicted molar refractivity (Wildman–Crippen MR) is 76.1 cm³/mol. The molecule has 0 saturated carbocycles. The van der Waals surface area contributed by atoms with Crippen molar-refractivity contribution in [2.45, 2.75) is 6.18 Å². The first-order chi connectivity index (χ1) is 11.2. The Bertz CT molecular complexity index is 772. The maximum atomic E-state index is 12.5. The third kappa shape index (κ3) is 3.80. The van der Waals surface area contributed by atoms with Gasteiger partial charge in [-0.2, -0.15) is 13.2 Å². The highest BCUT2D eigenvalue weighted by Crippen LogP contribution is 2.32. The fourth-order valence-corrected chi connectivity index (χ4v) is 1.81. The molecule has 0 aromatic heterocycles. The molecule has 0 spiro atoms. The van der Waals surface area contributed by atoms with Gasteiger partial charge >= 0.3 is 12.1 Å². The number of carbonyl (C=O) groups is 1. The highest BCUT2D eigenvalue weighted by molar-refractivity contribution is 5.91. The molecule has 0 fully saturated rings. The summed E-state index contributed by atoms with van der Waals surface area (Å²) in [5.41, 5.74) is -1.38. The number of nitrogens with zero attached hydrogens (tertiary/aromatic N) is 1. The molecule has 0 N–H and O–H groups in total. The topological polar surface area (TPSA) is 78.7 Å². The number of nitro benzene ring substituents is 1. The Hall–Kier alpha value is -3.10. The quantitative estimate of drug-likeness (QED) is 0.365. The standard InChI is InChI=1S/C15H10F3NO5/c1-23-12-7-6-11(19(21)22)8-13(12)24-14(20)9-2-4-10(5-3-9)15(16,17)18/h2-8H,1H3. The molecular formula is C15H10F3NO5. The highest BCUT2D eigenvalue weighted by atomic mass is 19.4. The Morgan fingerprint density at radius 2 is 1.71 bits per heavy atom. The number of rotatable bonds is 4. The van der Waals surface area contributed by atoms with Gasteiger partial charge in [-0.05, 0) is 30.3 Å². The van der Waals surface area contributed by atoms with Crippen LogP contribution in [0.15, 0.2) is 42.5 Å². The van der Waals surface area contributed by atoms with Gasteiger partial charge in [0.05, 0.1) is 29.2 Å². The van der Waals surface area contributed by atoms with E-state index in [1.165, 1.54) is 13.2 Å². The first kappa shape index (κ1) is 17.3. The summed E-state index contributed by atoms with van der Waals surface area (Å²) < 4.78 is 47.4. The van der Waals surface area contributed by atoms with E-state index in [9.17, 15) is 28.1 Å². The van der Waals surface area contributed by atoms with Crippen LogP contribution in [0.5, 0.6) is 11.5 Å². The van der Waals surface area contributed by atoms with Crippen molar-refractivity contribution < 1.29 is 32.4 Å². The van der Waals surface area contributed by atoms with E-state index in [-0.39, 0.29) is 22.7 Å². The molecular weight excluding hydrogens is 331 g/mol. The molecule has 0 unspecified atom stereocenters. The van der Waals surface area contributed by atoms with Gasteiger partial charge in [0.1, 0.15) is 0 Å². The smallest absolute Gasteiger partial charge is 0.416 e. The van der Waals surface area contributed by atoms with Crippen LogP contribution in [-0.2, 0) is 6.18 Å². The van der Waals surface area contributed by atoms with E-state index < -0.39 is 22.6 Å². The lowest BCUT2D eigenvalue weighted by Gasteiger charge is -2.10. The van der Waals surface area contributed by atoms with Gasteiger partial charge in [-0.1, -0.05) is 0 Å². The largest absolute Gasteiger partial charge is 0.493 e. The Labute approximate surface area is 133 Å². The first-order valence-electron chi connectivity index (χ1n) is 6.44. The highest BCUT2D eigenvalue weighted by Gasteiger charge is 2.30. The lowest BCUT2D eigenvalue weighted by atomic mass is 10.1. The first-order valence-corrected chi connectivity index (χ1v) is 6.44. The lowest BCUT2D eigenvalue weighted by Crippen LogP contribution is -2.11. The van der Waals surface area contributed by atoms with Gasteiger partial charge < -0.3 is 9.47 Å². The van der Waals surface area contributed by atoms with Gasteiger partial charge in [0, 0.05) is 6.07 Å². The molecule has 0 aliphatic heterocycles. The monoisotopic (exact) mass is 341 g/mol. The number of esters is 1. The van der Waals surface area contributed by atoms with E-state index in [0.29, 0.717) is 0 Å². The summed E-state index contributed by atoms with van der Waals surface area (Å²) in [4.78, 5) is 22.1. The molecule has 126 valence electrons. The minimum absolute atomic E-state index is 0.0702. The maximum Gasteiger partial charge on any atom is 0.416 e. The van der Waals surface area contributed by atoms with Crippen LogP contribution in [0.3, 0.4) is 0 Å². The van der Waals surface area contributed by atoms with Gasteiger partial charge in [0.25, 0.3) is 5.69 Å². The summed E-state index contributed by atoms with van der Waals surface area (Å²) in [6.07, 6.45) is -4.52. The number of alkyl halides is 3. The van der Waals surface area contributed by atoms with Crippen LogP contribution in [-0.4, -0.2) is 18.0 Å². The second-order valence-corrected chi connectivity index (χ2v) is 4.56. The van der Waals surface area contributed by atoms with Crippen molar-refractivity contribution in [3.63, 3.8) is 0 Å². The molecule has 0 aliphatic rings. The predicted octanol–water partition coefficient (Wildman–Crippen LogP) is 3.84. The Morgan fingerprint density at radius 1 is 1.08 bits per heavy atom. The van der Waals surface area contributed by atoms with Crippen molar-refractivity contribution in [2.24, 2.45) is 0 Å². The molecule has 0 aliphatic carbocycles. The third-order valence-electron chi connectivity index (χ3n) is 3.01. The number of hydrogen-bond donors (Lipinski definition) is 0. The zero-order valence-electron chi connectivity index (χ0n) is 12.2. The minimum atomic E-state index is -4.52. The van der Waals surface area contributed by atoms with E-state index >= 15 is 0 Å².